The first-order valence-electron chi connectivity index (χ1n) is 5.17. The van der Waals surface area contributed by atoms with Crippen molar-refractivity contribution in [1.29, 1.82) is 0 Å². The molecule has 0 saturated heterocycles. The minimum absolute atomic E-state index is 0.469. The standard InChI is InChI=1S/C9H15BrN4S/c1-14-8(11-12-13-14)15-7-9(6-10)4-2-3-5-9/h2-7H2,1H3. The number of hydrogen-bond donors (Lipinski definition) is 0. The molecule has 0 unspecified atom stereocenters. The molecule has 1 heterocycles. The van der Waals surface area contributed by atoms with Crippen molar-refractivity contribution in [3.05, 3.63) is 0 Å². The summed E-state index contributed by atoms with van der Waals surface area (Å²) in [6, 6.07) is 0. The molecule has 0 spiro atoms. The number of rotatable bonds is 4. The second kappa shape index (κ2) is 4.82. The maximum Gasteiger partial charge on any atom is 0.209 e. The van der Waals surface area contributed by atoms with Crippen molar-refractivity contribution in [2.75, 3.05) is 11.1 Å². The largest absolute Gasteiger partial charge is 0.224 e. The average molecular weight is 291 g/mol. The summed E-state index contributed by atoms with van der Waals surface area (Å²) in [5.74, 6) is 1.12. The number of thioether (sulfide) groups is 1. The third-order valence-corrected chi connectivity index (χ3v) is 5.59. The first kappa shape index (κ1) is 11.4. The summed E-state index contributed by atoms with van der Waals surface area (Å²) >= 11 is 5.42. The Labute approximate surface area is 102 Å². The molecule has 0 aromatic carbocycles. The number of halogens is 1. The molecule has 0 amide bonds. The fourth-order valence-corrected chi connectivity index (χ4v) is 4.17. The molecule has 0 radical (unpaired) electrons. The van der Waals surface area contributed by atoms with Gasteiger partial charge in [0.2, 0.25) is 5.16 Å². The smallest absolute Gasteiger partial charge is 0.209 e. The van der Waals surface area contributed by atoms with Crippen molar-refractivity contribution in [3.63, 3.8) is 0 Å². The Kier molecular flexibility index (Phi) is 3.66. The Morgan fingerprint density at radius 3 is 2.73 bits per heavy atom. The zero-order chi connectivity index (χ0) is 10.7. The lowest BCUT2D eigenvalue weighted by molar-refractivity contribution is 0.405. The Hall–Kier alpha value is -0.100. The number of alkyl halides is 1. The van der Waals surface area contributed by atoms with Gasteiger partial charge in [0, 0.05) is 18.1 Å². The molecule has 0 aliphatic heterocycles. The highest BCUT2D eigenvalue weighted by molar-refractivity contribution is 9.09. The van der Waals surface area contributed by atoms with E-state index in [1.807, 2.05) is 7.05 Å². The Morgan fingerprint density at radius 2 is 2.20 bits per heavy atom. The molecule has 0 atom stereocenters. The third kappa shape index (κ3) is 2.53. The van der Waals surface area contributed by atoms with E-state index in [0.717, 1.165) is 16.2 Å². The van der Waals surface area contributed by atoms with Gasteiger partial charge in [0.25, 0.3) is 0 Å². The molecular formula is C9H15BrN4S. The van der Waals surface area contributed by atoms with Gasteiger partial charge in [-0.15, -0.1) is 5.10 Å². The van der Waals surface area contributed by atoms with Crippen LogP contribution in [0.2, 0.25) is 0 Å². The van der Waals surface area contributed by atoms with Gasteiger partial charge in [0.05, 0.1) is 0 Å². The molecule has 4 nitrogen and oxygen atoms in total. The molecule has 1 aliphatic carbocycles. The molecule has 1 aliphatic rings. The van der Waals surface area contributed by atoms with E-state index in [9.17, 15) is 0 Å². The van der Waals surface area contributed by atoms with Gasteiger partial charge in [-0.1, -0.05) is 40.5 Å². The highest BCUT2D eigenvalue weighted by Gasteiger charge is 2.33. The Balaban J connectivity index is 1.94. The lowest BCUT2D eigenvalue weighted by atomic mass is 9.92. The molecule has 1 aromatic rings. The van der Waals surface area contributed by atoms with Crippen molar-refractivity contribution in [1.82, 2.24) is 20.2 Å². The molecule has 15 heavy (non-hydrogen) atoms. The maximum absolute atomic E-state index is 3.99. The van der Waals surface area contributed by atoms with Crippen LogP contribution in [-0.2, 0) is 7.05 Å². The number of aryl methyl sites for hydroxylation is 1. The van der Waals surface area contributed by atoms with Crippen LogP contribution in [0.25, 0.3) is 0 Å². The van der Waals surface area contributed by atoms with Crippen molar-refractivity contribution in [2.24, 2.45) is 12.5 Å². The van der Waals surface area contributed by atoms with E-state index in [1.54, 1.807) is 16.4 Å². The van der Waals surface area contributed by atoms with Crippen molar-refractivity contribution in [3.8, 4) is 0 Å². The van der Waals surface area contributed by atoms with Crippen LogP contribution in [0.5, 0.6) is 0 Å². The lowest BCUT2D eigenvalue weighted by Gasteiger charge is -2.25. The normalized spacial score (nSPS) is 19.6. The van der Waals surface area contributed by atoms with Crippen LogP contribution in [0.3, 0.4) is 0 Å². The summed E-state index contributed by atoms with van der Waals surface area (Å²) in [7, 11) is 1.89. The number of aromatic nitrogens is 4. The van der Waals surface area contributed by atoms with Crippen molar-refractivity contribution < 1.29 is 0 Å². The fraction of sp³-hybridized carbons (Fsp3) is 0.889. The lowest BCUT2D eigenvalue weighted by Crippen LogP contribution is -2.21. The highest BCUT2D eigenvalue weighted by atomic mass is 79.9. The first-order chi connectivity index (χ1) is 7.26. The van der Waals surface area contributed by atoms with Gasteiger partial charge in [0.15, 0.2) is 0 Å². The zero-order valence-electron chi connectivity index (χ0n) is 8.82. The summed E-state index contributed by atoms with van der Waals surface area (Å²) in [5.41, 5.74) is 0.469. The second-order valence-electron chi connectivity index (χ2n) is 4.21. The minimum atomic E-state index is 0.469. The minimum Gasteiger partial charge on any atom is -0.224 e. The van der Waals surface area contributed by atoms with E-state index in [4.69, 9.17) is 0 Å². The zero-order valence-corrected chi connectivity index (χ0v) is 11.2. The second-order valence-corrected chi connectivity index (χ2v) is 5.72. The molecule has 0 N–H and O–H groups in total. The van der Waals surface area contributed by atoms with Crippen LogP contribution in [-0.4, -0.2) is 31.3 Å². The van der Waals surface area contributed by atoms with Crippen molar-refractivity contribution >= 4 is 27.7 Å². The molecule has 84 valence electrons. The molecule has 1 aromatic heterocycles. The van der Waals surface area contributed by atoms with E-state index in [-0.39, 0.29) is 0 Å². The van der Waals surface area contributed by atoms with Crippen LogP contribution >= 0.6 is 27.7 Å². The van der Waals surface area contributed by atoms with Crippen LogP contribution < -0.4 is 0 Å². The molecule has 0 bridgehead atoms. The average Bonchev–Trinajstić information content (AvgIpc) is 2.85. The van der Waals surface area contributed by atoms with E-state index in [1.165, 1.54) is 25.7 Å². The van der Waals surface area contributed by atoms with Gasteiger partial charge in [-0.2, -0.15) is 0 Å². The first-order valence-corrected chi connectivity index (χ1v) is 7.28. The predicted octanol–water partition coefficient (Wildman–Crippen LogP) is 2.26. The van der Waals surface area contributed by atoms with E-state index in [0.29, 0.717) is 5.41 Å². The summed E-state index contributed by atoms with van der Waals surface area (Å²) in [5, 5.41) is 13.5. The quantitative estimate of drug-likeness (QED) is 0.630. The Morgan fingerprint density at radius 1 is 1.47 bits per heavy atom. The number of nitrogens with zero attached hydrogens (tertiary/aromatic N) is 4. The fourth-order valence-electron chi connectivity index (χ4n) is 2.00. The van der Waals surface area contributed by atoms with Gasteiger partial charge >= 0.3 is 0 Å². The van der Waals surface area contributed by atoms with Crippen LogP contribution in [0.1, 0.15) is 25.7 Å². The summed E-state index contributed by atoms with van der Waals surface area (Å²) < 4.78 is 1.74. The third-order valence-electron chi connectivity index (χ3n) is 3.04. The summed E-state index contributed by atoms with van der Waals surface area (Å²) in [6.45, 7) is 0. The van der Waals surface area contributed by atoms with Gasteiger partial charge in [-0.25, -0.2) is 4.68 Å². The number of hydrogen-bond acceptors (Lipinski definition) is 4. The van der Waals surface area contributed by atoms with Crippen LogP contribution in [0.15, 0.2) is 5.16 Å². The molecular weight excluding hydrogens is 276 g/mol. The Bertz CT molecular complexity index is 322. The van der Waals surface area contributed by atoms with E-state index >= 15 is 0 Å². The van der Waals surface area contributed by atoms with Crippen molar-refractivity contribution in [2.45, 2.75) is 30.8 Å². The predicted molar refractivity (Wildman–Crippen MR) is 64.2 cm³/mol. The monoisotopic (exact) mass is 290 g/mol. The SMILES string of the molecule is Cn1nnnc1SCC1(CBr)CCCC1. The van der Waals surface area contributed by atoms with Crippen LogP contribution in [0.4, 0.5) is 0 Å². The van der Waals surface area contributed by atoms with Crippen LogP contribution in [0, 0.1) is 5.41 Å². The van der Waals surface area contributed by atoms with Gasteiger partial charge in [-0.05, 0) is 28.7 Å². The molecule has 2 rings (SSSR count). The maximum atomic E-state index is 3.99. The van der Waals surface area contributed by atoms with E-state index < -0.39 is 0 Å². The molecule has 1 saturated carbocycles. The molecule has 6 heteroatoms. The van der Waals surface area contributed by atoms with Gasteiger partial charge < -0.3 is 0 Å². The summed E-state index contributed by atoms with van der Waals surface area (Å²) in [6.07, 6.45) is 5.39. The highest BCUT2D eigenvalue weighted by Crippen LogP contribution is 2.42. The van der Waals surface area contributed by atoms with Gasteiger partial charge in [0.1, 0.15) is 0 Å². The topological polar surface area (TPSA) is 43.6 Å². The number of tetrazole rings is 1. The van der Waals surface area contributed by atoms with E-state index in [2.05, 4.69) is 31.5 Å². The summed E-state index contributed by atoms with van der Waals surface area (Å²) in [4.78, 5) is 0. The molecule has 1 fully saturated rings. The van der Waals surface area contributed by atoms with Gasteiger partial charge in [-0.3, -0.25) is 0 Å².